The van der Waals surface area contributed by atoms with Crippen LogP contribution in [0.4, 0.5) is 11.6 Å². The van der Waals surface area contributed by atoms with E-state index in [9.17, 15) is 9.59 Å². The van der Waals surface area contributed by atoms with Crippen molar-refractivity contribution in [1.82, 2.24) is 20.3 Å². The first-order chi connectivity index (χ1) is 12.1. The number of hydrogen-bond donors (Lipinski definition) is 2. The van der Waals surface area contributed by atoms with E-state index in [4.69, 9.17) is 4.42 Å². The Labute approximate surface area is 145 Å². The van der Waals surface area contributed by atoms with Crippen LogP contribution in [0.2, 0.25) is 0 Å². The van der Waals surface area contributed by atoms with E-state index >= 15 is 0 Å². The van der Waals surface area contributed by atoms with Gasteiger partial charge in [0.05, 0.1) is 5.75 Å². The maximum absolute atomic E-state index is 12.2. The average molecular weight is 360 g/mol. The number of nitrogens with one attached hydrogen (secondary N) is 2. The van der Waals surface area contributed by atoms with Crippen molar-refractivity contribution < 1.29 is 18.6 Å². The summed E-state index contributed by atoms with van der Waals surface area (Å²) in [5.41, 5.74) is 0. The smallest absolute Gasteiger partial charge is 0.292 e. The molecule has 0 fully saturated rings. The van der Waals surface area contributed by atoms with E-state index in [1.807, 2.05) is 0 Å². The molecule has 25 heavy (non-hydrogen) atoms. The molecule has 0 saturated heterocycles. The van der Waals surface area contributed by atoms with Crippen LogP contribution in [0.25, 0.3) is 0 Å². The maximum Gasteiger partial charge on any atom is 0.292 e. The highest BCUT2D eigenvalue weighted by Gasteiger charge is 2.18. The van der Waals surface area contributed by atoms with Gasteiger partial charge in [0, 0.05) is 19.3 Å². The SMILES string of the molecule is CC(=O)Nc1nonc1NC(=O)c1ccc(CSc2ncccn2)o1. The molecular weight excluding hydrogens is 348 g/mol. The molecule has 0 atom stereocenters. The van der Waals surface area contributed by atoms with Gasteiger partial charge in [-0.05, 0) is 28.5 Å². The van der Waals surface area contributed by atoms with Crippen LogP contribution < -0.4 is 10.6 Å². The number of carbonyl (C=O) groups is 2. The second-order valence-corrected chi connectivity index (χ2v) is 5.63. The topological polar surface area (TPSA) is 136 Å². The van der Waals surface area contributed by atoms with E-state index in [1.165, 1.54) is 24.8 Å². The van der Waals surface area contributed by atoms with Gasteiger partial charge in [-0.1, -0.05) is 11.8 Å². The fourth-order valence-corrected chi connectivity index (χ4v) is 2.46. The van der Waals surface area contributed by atoms with Crippen molar-refractivity contribution >= 4 is 35.2 Å². The minimum Gasteiger partial charge on any atom is -0.455 e. The minimum atomic E-state index is -0.547. The normalized spacial score (nSPS) is 10.4. The molecule has 0 saturated carbocycles. The molecule has 3 rings (SSSR count). The van der Waals surface area contributed by atoms with Crippen molar-refractivity contribution in [3.63, 3.8) is 0 Å². The summed E-state index contributed by atoms with van der Waals surface area (Å²) in [6.07, 6.45) is 3.30. The Balaban J connectivity index is 1.61. The molecule has 11 heteroatoms. The highest BCUT2D eigenvalue weighted by atomic mass is 32.2. The summed E-state index contributed by atoms with van der Waals surface area (Å²) in [6, 6.07) is 4.94. The molecule has 3 aromatic heterocycles. The molecule has 0 unspecified atom stereocenters. The van der Waals surface area contributed by atoms with Crippen LogP contribution in [-0.4, -0.2) is 32.1 Å². The minimum absolute atomic E-state index is 0.00906. The highest BCUT2D eigenvalue weighted by Crippen LogP contribution is 2.21. The third-order valence-corrected chi connectivity index (χ3v) is 3.68. The van der Waals surface area contributed by atoms with Gasteiger partial charge in [-0.15, -0.1) is 0 Å². The van der Waals surface area contributed by atoms with Crippen LogP contribution in [0.5, 0.6) is 0 Å². The molecule has 0 spiro atoms. The third kappa shape index (κ3) is 4.41. The van der Waals surface area contributed by atoms with Gasteiger partial charge in [0.25, 0.3) is 5.91 Å². The van der Waals surface area contributed by atoms with E-state index in [0.717, 1.165) is 0 Å². The summed E-state index contributed by atoms with van der Waals surface area (Å²) in [5, 5.41) is 12.5. The van der Waals surface area contributed by atoms with E-state index < -0.39 is 5.91 Å². The van der Waals surface area contributed by atoms with Gasteiger partial charge in [0.15, 0.2) is 10.9 Å². The molecule has 128 valence electrons. The summed E-state index contributed by atoms with van der Waals surface area (Å²) >= 11 is 1.38. The van der Waals surface area contributed by atoms with Crippen molar-refractivity contribution in [2.24, 2.45) is 0 Å². The van der Waals surface area contributed by atoms with Crippen molar-refractivity contribution in [3.05, 3.63) is 42.1 Å². The van der Waals surface area contributed by atoms with Gasteiger partial charge in [-0.25, -0.2) is 14.6 Å². The highest BCUT2D eigenvalue weighted by molar-refractivity contribution is 7.98. The number of hydrogen-bond acceptors (Lipinski definition) is 9. The van der Waals surface area contributed by atoms with Crippen molar-refractivity contribution in [2.75, 3.05) is 10.6 Å². The number of carbonyl (C=O) groups excluding carboxylic acids is 2. The fourth-order valence-electron chi connectivity index (χ4n) is 1.76. The van der Waals surface area contributed by atoms with Gasteiger partial charge in [0.1, 0.15) is 5.76 Å². The van der Waals surface area contributed by atoms with Crippen LogP contribution in [0.1, 0.15) is 23.2 Å². The van der Waals surface area contributed by atoms with Gasteiger partial charge in [-0.2, -0.15) is 0 Å². The van der Waals surface area contributed by atoms with Crippen LogP contribution >= 0.6 is 11.8 Å². The number of amides is 2. The van der Waals surface area contributed by atoms with Gasteiger partial charge in [-0.3, -0.25) is 14.9 Å². The van der Waals surface area contributed by atoms with Gasteiger partial charge in [0.2, 0.25) is 17.5 Å². The lowest BCUT2D eigenvalue weighted by Gasteiger charge is -2.01. The molecule has 3 aromatic rings. The molecular formula is C14H12N6O4S. The van der Waals surface area contributed by atoms with Crippen molar-refractivity contribution in [1.29, 1.82) is 0 Å². The molecule has 2 N–H and O–H groups in total. The van der Waals surface area contributed by atoms with E-state index in [-0.39, 0.29) is 23.3 Å². The number of aromatic nitrogens is 4. The molecule has 0 bridgehead atoms. The van der Waals surface area contributed by atoms with Crippen LogP contribution in [0, 0.1) is 0 Å². The number of rotatable bonds is 6. The second-order valence-electron chi connectivity index (χ2n) is 4.68. The maximum atomic E-state index is 12.2. The zero-order valence-electron chi connectivity index (χ0n) is 12.9. The van der Waals surface area contributed by atoms with Crippen LogP contribution in [0.3, 0.4) is 0 Å². The zero-order valence-corrected chi connectivity index (χ0v) is 13.7. The third-order valence-electron chi connectivity index (χ3n) is 2.79. The van der Waals surface area contributed by atoms with Crippen molar-refractivity contribution in [3.8, 4) is 0 Å². The summed E-state index contributed by atoms with van der Waals surface area (Å²) in [6.45, 7) is 1.30. The lowest BCUT2D eigenvalue weighted by molar-refractivity contribution is -0.114. The Morgan fingerprint density at radius 2 is 1.84 bits per heavy atom. The first-order valence-electron chi connectivity index (χ1n) is 7.02. The molecule has 0 radical (unpaired) electrons. The van der Waals surface area contributed by atoms with Crippen LogP contribution in [-0.2, 0) is 10.5 Å². The Morgan fingerprint density at radius 1 is 1.12 bits per heavy atom. The van der Waals surface area contributed by atoms with E-state index in [1.54, 1.807) is 24.5 Å². The summed E-state index contributed by atoms with van der Waals surface area (Å²) < 4.78 is 9.98. The predicted molar refractivity (Wildman–Crippen MR) is 86.9 cm³/mol. The Bertz CT molecular complexity index is 878. The van der Waals surface area contributed by atoms with E-state index in [2.05, 4.69) is 35.5 Å². The lowest BCUT2D eigenvalue weighted by Crippen LogP contribution is -2.14. The zero-order chi connectivity index (χ0) is 17.6. The number of furan rings is 1. The first-order valence-corrected chi connectivity index (χ1v) is 8.00. The average Bonchev–Trinajstić information content (AvgIpc) is 3.23. The molecule has 0 aromatic carbocycles. The molecule has 10 nitrogen and oxygen atoms in total. The molecule has 3 heterocycles. The van der Waals surface area contributed by atoms with Crippen molar-refractivity contribution in [2.45, 2.75) is 17.8 Å². The summed E-state index contributed by atoms with van der Waals surface area (Å²) in [7, 11) is 0. The van der Waals surface area contributed by atoms with Gasteiger partial charge < -0.3 is 9.73 Å². The quantitative estimate of drug-likeness (QED) is 0.499. The molecule has 0 aliphatic rings. The number of nitrogens with zero attached hydrogens (tertiary/aromatic N) is 4. The number of thioether (sulfide) groups is 1. The van der Waals surface area contributed by atoms with Gasteiger partial charge >= 0.3 is 0 Å². The fraction of sp³-hybridized carbons (Fsp3) is 0.143. The molecule has 2 amide bonds. The lowest BCUT2D eigenvalue weighted by atomic mass is 10.4. The first kappa shape index (κ1) is 16.6. The Kier molecular flexibility index (Phi) is 5.04. The predicted octanol–water partition coefficient (Wildman–Crippen LogP) is 1.96. The summed E-state index contributed by atoms with van der Waals surface area (Å²) in [5.74, 6) is 0.236. The molecule has 0 aliphatic heterocycles. The second kappa shape index (κ2) is 7.57. The Morgan fingerprint density at radius 3 is 2.56 bits per heavy atom. The van der Waals surface area contributed by atoms with Crippen LogP contribution in [0.15, 0.2) is 44.8 Å². The van der Waals surface area contributed by atoms with E-state index in [0.29, 0.717) is 16.7 Å². The standard InChI is InChI=1S/C14H12N6O4S/c1-8(21)17-11-12(20-24-19-11)18-13(22)10-4-3-9(23-10)7-25-14-15-5-2-6-16-14/h2-6H,7H2,1H3,(H,17,19,21)(H,18,20,22). The Hall–Kier alpha value is -3.21. The molecule has 0 aliphatic carbocycles. The largest absolute Gasteiger partial charge is 0.455 e. The number of anilines is 2. The monoisotopic (exact) mass is 360 g/mol. The summed E-state index contributed by atoms with van der Waals surface area (Å²) in [4.78, 5) is 31.4.